The predicted octanol–water partition coefficient (Wildman–Crippen LogP) is 2.28. The Morgan fingerprint density at radius 3 is 2.95 bits per heavy atom. The molecule has 0 aromatic carbocycles. The number of hydrogen-bond acceptors (Lipinski definition) is 3. The summed E-state index contributed by atoms with van der Waals surface area (Å²) < 4.78 is 2.08. The van der Waals surface area contributed by atoms with Crippen molar-refractivity contribution in [1.29, 1.82) is 0 Å². The SMILES string of the molecule is CCCn1cc(C2C(CNC(C)C)CCN2C)cn1. The van der Waals surface area contributed by atoms with Crippen LogP contribution in [0.3, 0.4) is 0 Å². The Bertz CT molecular complexity index is 385. The minimum atomic E-state index is 0.525. The molecule has 1 aliphatic heterocycles. The van der Waals surface area contributed by atoms with Crippen LogP contribution < -0.4 is 5.32 Å². The van der Waals surface area contributed by atoms with Crippen molar-refractivity contribution in [3.8, 4) is 0 Å². The molecular weight excluding hydrogens is 236 g/mol. The normalized spacial score (nSPS) is 24.5. The number of nitrogens with zero attached hydrogens (tertiary/aromatic N) is 3. The fraction of sp³-hybridized carbons (Fsp3) is 0.800. The highest BCUT2D eigenvalue weighted by Gasteiger charge is 2.33. The largest absolute Gasteiger partial charge is 0.314 e. The summed E-state index contributed by atoms with van der Waals surface area (Å²) in [4.78, 5) is 2.47. The summed E-state index contributed by atoms with van der Waals surface area (Å²) in [7, 11) is 2.23. The Balaban J connectivity index is 2.05. The van der Waals surface area contributed by atoms with Gasteiger partial charge in [0, 0.05) is 36.9 Å². The molecule has 0 aliphatic carbocycles. The Labute approximate surface area is 117 Å². The van der Waals surface area contributed by atoms with Crippen molar-refractivity contribution in [1.82, 2.24) is 20.0 Å². The van der Waals surface area contributed by atoms with Gasteiger partial charge in [-0.2, -0.15) is 5.10 Å². The molecule has 4 heteroatoms. The van der Waals surface area contributed by atoms with E-state index in [1.54, 1.807) is 0 Å². The molecular formula is C15H28N4. The molecule has 2 unspecified atom stereocenters. The maximum Gasteiger partial charge on any atom is 0.0537 e. The van der Waals surface area contributed by atoms with E-state index >= 15 is 0 Å². The molecule has 108 valence electrons. The van der Waals surface area contributed by atoms with Crippen LogP contribution in [0.1, 0.15) is 45.2 Å². The highest BCUT2D eigenvalue weighted by Crippen LogP contribution is 2.35. The standard InChI is InChI=1S/C15H28N4/c1-5-7-19-11-14(10-17-19)15-13(6-8-18(15)4)9-16-12(2)3/h10-13,15-16H,5-9H2,1-4H3. The zero-order valence-electron chi connectivity index (χ0n) is 12.8. The molecule has 1 aliphatic rings. The summed E-state index contributed by atoms with van der Waals surface area (Å²) in [5.41, 5.74) is 1.38. The third kappa shape index (κ3) is 3.57. The molecule has 4 nitrogen and oxygen atoms in total. The van der Waals surface area contributed by atoms with Gasteiger partial charge >= 0.3 is 0 Å². The van der Waals surface area contributed by atoms with E-state index in [0.29, 0.717) is 18.0 Å². The van der Waals surface area contributed by atoms with Crippen LogP contribution in [0.4, 0.5) is 0 Å². The lowest BCUT2D eigenvalue weighted by atomic mass is 9.95. The topological polar surface area (TPSA) is 33.1 Å². The van der Waals surface area contributed by atoms with E-state index in [0.717, 1.165) is 19.5 Å². The van der Waals surface area contributed by atoms with Crippen molar-refractivity contribution in [3.05, 3.63) is 18.0 Å². The molecule has 0 saturated carbocycles. The zero-order chi connectivity index (χ0) is 13.8. The minimum absolute atomic E-state index is 0.525. The lowest BCUT2D eigenvalue weighted by molar-refractivity contribution is 0.269. The molecule has 19 heavy (non-hydrogen) atoms. The highest BCUT2D eigenvalue weighted by atomic mass is 15.3. The van der Waals surface area contributed by atoms with Crippen LogP contribution in [0.2, 0.25) is 0 Å². The first-order valence-corrected chi connectivity index (χ1v) is 7.57. The smallest absolute Gasteiger partial charge is 0.0537 e. The van der Waals surface area contributed by atoms with E-state index in [2.05, 4.69) is 60.2 Å². The predicted molar refractivity (Wildman–Crippen MR) is 79.1 cm³/mol. The van der Waals surface area contributed by atoms with Gasteiger partial charge in [0.05, 0.1) is 6.20 Å². The molecule has 0 spiro atoms. The van der Waals surface area contributed by atoms with Gasteiger partial charge in [-0.25, -0.2) is 0 Å². The molecule has 2 heterocycles. The minimum Gasteiger partial charge on any atom is -0.314 e. The number of aromatic nitrogens is 2. The second-order valence-corrected chi connectivity index (χ2v) is 6.07. The fourth-order valence-corrected chi connectivity index (χ4v) is 3.04. The summed E-state index contributed by atoms with van der Waals surface area (Å²) in [6.07, 6.45) is 6.71. The van der Waals surface area contributed by atoms with Crippen molar-refractivity contribution < 1.29 is 0 Å². The molecule has 1 saturated heterocycles. The van der Waals surface area contributed by atoms with Gasteiger partial charge in [-0.05, 0) is 32.4 Å². The van der Waals surface area contributed by atoms with Crippen molar-refractivity contribution >= 4 is 0 Å². The van der Waals surface area contributed by atoms with Crippen molar-refractivity contribution in [3.63, 3.8) is 0 Å². The highest BCUT2D eigenvalue weighted by molar-refractivity contribution is 5.14. The van der Waals surface area contributed by atoms with Crippen LogP contribution in [0, 0.1) is 5.92 Å². The second-order valence-electron chi connectivity index (χ2n) is 6.07. The third-order valence-corrected chi connectivity index (χ3v) is 4.01. The number of likely N-dealkylation sites (tertiary alicyclic amines) is 1. The zero-order valence-corrected chi connectivity index (χ0v) is 12.8. The monoisotopic (exact) mass is 264 g/mol. The van der Waals surface area contributed by atoms with Gasteiger partial charge in [0.2, 0.25) is 0 Å². The Morgan fingerprint density at radius 2 is 2.26 bits per heavy atom. The Hall–Kier alpha value is -0.870. The molecule has 0 amide bonds. The fourth-order valence-electron chi connectivity index (χ4n) is 3.04. The molecule has 1 N–H and O–H groups in total. The first-order valence-electron chi connectivity index (χ1n) is 7.57. The van der Waals surface area contributed by atoms with Crippen molar-refractivity contribution in [2.75, 3.05) is 20.1 Å². The van der Waals surface area contributed by atoms with Gasteiger partial charge in [0.25, 0.3) is 0 Å². The molecule has 0 bridgehead atoms. The van der Waals surface area contributed by atoms with Crippen LogP contribution in [0.15, 0.2) is 12.4 Å². The number of hydrogen-bond donors (Lipinski definition) is 1. The summed E-state index contributed by atoms with van der Waals surface area (Å²) in [6.45, 7) is 9.93. The van der Waals surface area contributed by atoms with Crippen molar-refractivity contribution in [2.24, 2.45) is 5.92 Å². The van der Waals surface area contributed by atoms with Crippen molar-refractivity contribution in [2.45, 2.75) is 52.2 Å². The van der Waals surface area contributed by atoms with Crippen LogP contribution in [-0.2, 0) is 6.54 Å². The van der Waals surface area contributed by atoms with E-state index in [4.69, 9.17) is 0 Å². The van der Waals surface area contributed by atoms with Gasteiger partial charge in [-0.15, -0.1) is 0 Å². The molecule has 2 rings (SSSR count). The summed E-state index contributed by atoms with van der Waals surface area (Å²) in [5, 5.41) is 8.07. The number of rotatable bonds is 6. The average Bonchev–Trinajstić information content (AvgIpc) is 2.94. The maximum atomic E-state index is 4.48. The van der Waals surface area contributed by atoms with E-state index in [-0.39, 0.29) is 0 Å². The second kappa shape index (κ2) is 6.53. The molecule has 1 aromatic heterocycles. The van der Waals surface area contributed by atoms with Crippen LogP contribution >= 0.6 is 0 Å². The van der Waals surface area contributed by atoms with Gasteiger partial charge in [-0.3, -0.25) is 9.58 Å². The first kappa shape index (κ1) is 14.5. The quantitative estimate of drug-likeness (QED) is 0.856. The van der Waals surface area contributed by atoms with E-state index in [9.17, 15) is 0 Å². The number of nitrogens with one attached hydrogen (secondary N) is 1. The summed E-state index contributed by atoms with van der Waals surface area (Å²) >= 11 is 0. The van der Waals surface area contributed by atoms with Crippen LogP contribution in [0.25, 0.3) is 0 Å². The van der Waals surface area contributed by atoms with E-state index < -0.39 is 0 Å². The van der Waals surface area contributed by atoms with Gasteiger partial charge in [0.1, 0.15) is 0 Å². The average molecular weight is 264 g/mol. The van der Waals surface area contributed by atoms with Gasteiger partial charge in [-0.1, -0.05) is 20.8 Å². The lowest BCUT2D eigenvalue weighted by Gasteiger charge is -2.25. The van der Waals surface area contributed by atoms with E-state index in [1.807, 2.05) is 0 Å². The molecule has 1 aromatic rings. The third-order valence-electron chi connectivity index (χ3n) is 4.01. The van der Waals surface area contributed by atoms with Crippen LogP contribution in [0.5, 0.6) is 0 Å². The lowest BCUT2D eigenvalue weighted by Crippen LogP contribution is -2.32. The van der Waals surface area contributed by atoms with E-state index in [1.165, 1.54) is 18.5 Å². The summed E-state index contributed by atoms with van der Waals surface area (Å²) in [5.74, 6) is 0.701. The Kier molecular flexibility index (Phi) is 4.99. The molecule has 2 atom stereocenters. The Morgan fingerprint density at radius 1 is 1.47 bits per heavy atom. The number of aryl methyl sites for hydroxylation is 1. The van der Waals surface area contributed by atoms with Crippen LogP contribution in [-0.4, -0.2) is 40.9 Å². The maximum absolute atomic E-state index is 4.48. The van der Waals surface area contributed by atoms with Gasteiger partial charge in [0.15, 0.2) is 0 Å². The summed E-state index contributed by atoms with van der Waals surface area (Å²) in [6, 6.07) is 1.09. The van der Waals surface area contributed by atoms with Gasteiger partial charge < -0.3 is 5.32 Å². The first-order chi connectivity index (χ1) is 9.11. The molecule has 0 radical (unpaired) electrons. The molecule has 1 fully saturated rings.